The lowest BCUT2D eigenvalue weighted by molar-refractivity contribution is -0.124. The van der Waals surface area contributed by atoms with Gasteiger partial charge in [-0.15, -0.1) is 0 Å². The van der Waals surface area contributed by atoms with Gasteiger partial charge >= 0.3 is 0 Å². The quantitative estimate of drug-likeness (QED) is 0.458. The fourth-order valence-electron chi connectivity index (χ4n) is 3.01. The summed E-state index contributed by atoms with van der Waals surface area (Å²) in [7, 11) is 0. The van der Waals surface area contributed by atoms with Crippen LogP contribution in [0.15, 0.2) is 60.7 Å². The summed E-state index contributed by atoms with van der Waals surface area (Å²) in [6.07, 6.45) is 1.48. The molecule has 2 rings (SSSR count). The van der Waals surface area contributed by atoms with Gasteiger partial charge in [0.05, 0.1) is 0 Å². The van der Waals surface area contributed by atoms with Gasteiger partial charge in [0.25, 0.3) is 0 Å². The van der Waals surface area contributed by atoms with Gasteiger partial charge in [0.1, 0.15) is 5.92 Å². The highest BCUT2D eigenvalue weighted by Crippen LogP contribution is 2.35. The Balaban J connectivity index is 2.20. The molecule has 0 N–H and O–H groups in total. The van der Waals surface area contributed by atoms with Crippen molar-refractivity contribution in [1.82, 2.24) is 0 Å². The molecule has 0 aliphatic rings. The molecule has 0 aliphatic heterocycles. The molecule has 2 aromatic carbocycles. The maximum atomic E-state index is 11.8. The summed E-state index contributed by atoms with van der Waals surface area (Å²) in [6, 6.07) is 19.6. The van der Waals surface area contributed by atoms with Gasteiger partial charge in [-0.05, 0) is 53.1 Å². The third kappa shape index (κ3) is 4.93. The van der Waals surface area contributed by atoms with Crippen LogP contribution < -0.4 is 0 Å². The Morgan fingerprint density at radius 2 is 1.25 bits per heavy atom. The molecule has 4 heteroatoms. The van der Waals surface area contributed by atoms with E-state index >= 15 is 0 Å². The molecule has 0 saturated heterocycles. The first-order valence-corrected chi connectivity index (χ1v) is 8.75. The highest BCUT2D eigenvalue weighted by atomic mass is 35.5. The average Bonchev–Trinajstić information content (AvgIpc) is 2.59. The Hall–Kier alpha value is -1.64. The van der Waals surface area contributed by atoms with E-state index in [0.717, 1.165) is 12.0 Å². The molecule has 0 spiro atoms. The number of carbonyl (C=O) groups is 2. The Morgan fingerprint density at radius 3 is 1.71 bits per heavy atom. The van der Waals surface area contributed by atoms with Crippen LogP contribution in [0, 0.1) is 5.92 Å². The lowest BCUT2D eigenvalue weighted by Crippen LogP contribution is -2.25. The molecule has 0 aliphatic carbocycles. The molecular formula is C20H20Cl2O2. The fraction of sp³-hybridized carbons (Fsp3) is 0.300. The fourth-order valence-corrected chi connectivity index (χ4v) is 3.57. The summed E-state index contributed by atoms with van der Waals surface area (Å²) in [5, 5.41) is -1.40. The predicted octanol–water partition coefficient (Wildman–Crippen LogP) is 5.50. The monoisotopic (exact) mass is 362 g/mol. The van der Waals surface area contributed by atoms with Crippen molar-refractivity contribution in [2.45, 2.75) is 31.6 Å². The van der Waals surface area contributed by atoms with Crippen LogP contribution in [0.1, 0.15) is 42.7 Å². The molecule has 0 radical (unpaired) electrons. The van der Waals surface area contributed by atoms with Crippen LogP contribution in [0.2, 0.25) is 0 Å². The van der Waals surface area contributed by atoms with E-state index in [1.165, 1.54) is 5.56 Å². The van der Waals surface area contributed by atoms with E-state index < -0.39 is 16.4 Å². The van der Waals surface area contributed by atoms with Crippen molar-refractivity contribution in [3.8, 4) is 0 Å². The van der Waals surface area contributed by atoms with Crippen LogP contribution in [-0.4, -0.2) is 10.5 Å². The van der Waals surface area contributed by atoms with Gasteiger partial charge in [-0.25, -0.2) is 0 Å². The summed E-state index contributed by atoms with van der Waals surface area (Å²) in [5.74, 6) is -1.01. The molecule has 2 atom stereocenters. The van der Waals surface area contributed by atoms with Gasteiger partial charge in [-0.3, -0.25) is 9.59 Å². The van der Waals surface area contributed by atoms with Crippen LogP contribution in [0.4, 0.5) is 0 Å². The van der Waals surface area contributed by atoms with Gasteiger partial charge in [0.2, 0.25) is 10.5 Å². The molecule has 0 fully saturated rings. The highest BCUT2D eigenvalue weighted by molar-refractivity contribution is 6.73. The standard InChI is InChI=1S/C20H20Cl2O2/c1-14(15-8-4-2-5-9-15)12-13-17(16-10-6-3-7-11-16)18(19(21)23)20(22)24/h2-11,14,17-18H,12-13H2,1H3. The zero-order valence-corrected chi connectivity index (χ0v) is 15.0. The third-order valence-electron chi connectivity index (χ3n) is 4.40. The minimum Gasteiger partial charge on any atom is -0.280 e. The van der Waals surface area contributed by atoms with Crippen molar-refractivity contribution in [2.24, 2.45) is 5.92 Å². The first-order chi connectivity index (χ1) is 11.5. The Kier molecular flexibility index (Phi) is 7.01. The van der Waals surface area contributed by atoms with E-state index in [0.29, 0.717) is 12.3 Å². The maximum Gasteiger partial charge on any atom is 0.234 e. The molecule has 2 unspecified atom stereocenters. The summed E-state index contributed by atoms with van der Waals surface area (Å²) < 4.78 is 0. The second-order valence-electron chi connectivity index (χ2n) is 5.99. The van der Waals surface area contributed by atoms with Crippen LogP contribution in [0.25, 0.3) is 0 Å². The lowest BCUT2D eigenvalue weighted by atomic mass is 9.81. The van der Waals surface area contributed by atoms with Crippen molar-refractivity contribution in [3.63, 3.8) is 0 Å². The molecule has 24 heavy (non-hydrogen) atoms. The van der Waals surface area contributed by atoms with Gasteiger partial charge in [0.15, 0.2) is 0 Å². The molecular weight excluding hydrogens is 343 g/mol. The van der Waals surface area contributed by atoms with E-state index in [1.54, 1.807) is 0 Å². The lowest BCUT2D eigenvalue weighted by Gasteiger charge is -2.24. The molecule has 0 saturated carbocycles. The number of halogens is 2. The Morgan fingerprint density at radius 1 is 0.792 bits per heavy atom. The minimum absolute atomic E-state index is 0.313. The SMILES string of the molecule is CC(CCC(c1ccccc1)C(C(=O)Cl)C(=O)Cl)c1ccccc1. The molecule has 126 valence electrons. The molecule has 2 aromatic rings. The smallest absolute Gasteiger partial charge is 0.234 e. The molecule has 0 heterocycles. The van der Waals surface area contributed by atoms with Crippen LogP contribution >= 0.6 is 23.2 Å². The molecule has 0 bridgehead atoms. The second kappa shape index (κ2) is 9.00. The van der Waals surface area contributed by atoms with E-state index in [9.17, 15) is 9.59 Å². The Labute approximate surface area is 152 Å². The minimum atomic E-state index is -1.02. The topological polar surface area (TPSA) is 34.1 Å². The van der Waals surface area contributed by atoms with Gasteiger partial charge in [-0.1, -0.05) is 67.6 Å². The highest BCUT2D eigenvalue weighted by Gasteiger charge is 2.33. The number of carbonyl (C=O) groups excluding carboxylic acids is 2. The van der Waals surface area contributed by atoms with E-state index in [-0.39, 0.29) is 5.92 Å². The zero-order chi connectivity index (χ0) is 17.5. The van der Waals surface area contributed by atoms with Gasteiger partial charge in [0, 0.05) is 5.92 Å². The molecule has 0 amide bonds. The summed E-state index contributed by atoms with van der Waals surface area (Å²) in [5.41, 5.74) is 2.14. The summed E-state index contributed by atoms with van der Waals surface area (Å²) in [6.45, 7) is 2.14. The van der Waals surface area contributed by atoms with E-state index in [1.807, 2.05) is 48.5 Å². The van der Waals surface area contributed by atoms with Crippen molar-refractivity contribution in [2.75, 3.05) is 0 Å². The van der Waals surface area contributed by atoms with Crippen LogP contribution in [0.5, 0.6) is 0 Å². The van der Waals surface area contributed by atoms with Crippen molar-refractivity contribution in [3.05, 3.63) is 71.8 Å². The molecule has 0 aromatic heterocycles. The third-order valence-corrected chi connectivity index (χ3v) is 4.87. The van der Waals surface area contributed by atoms with Crippen LogP contribution in [-0.2, 0) is 9.59 Å². The summed E-state index contributed by atoms with van der Waals surface area (Å²) in [4.78, 5) is 23.5. The largest absolute Gasteiger partial charge is 0.280 e. The van der Waals surface area contributed by atoms with E-state index in [2.05, 4.69) is 19.1 Å². The van der Waals surface area contributed by atoms with E-state index in [4.69, 9.17) is 23.2 Å². The van der Waals surface area contributed by atoms with Crippen molar-refractivity contribution < 1.29 is 9.59 Å². The van der Waals surface area contributed by atoms with Crippen molar-refractivity contribution >= 4 is 33.7 Å². The van der Waals surface area contributed by atoms with Crippen molar-refractivity contribution in [1.29, 1.82) is 0 Å². The average molecular weight is 363 g/mol. The number of hydrogen-bond donors (Lipinski definition) is 0. The van der Waals surface area contributed by atoms with Gasteiger partial charge < -0.3 is 0 Å². The number of rotatable bonds is 8. The first-order valence-electron chi connectivity index (χ1n) is 7.99. The number of hydrogen-bond acceptors (Lipinski definition) is 2. The first kappa shape index (κ1) is 18.7. The maximum absolute atomic E-state index is 11.8. The second-order valence-corrected chi connectivity index (χ2v) is 6.74. The van der Waals surface area contributed by atoms with Crippen LogP contribution in [0.3, 0.4) is 0 Å². The zero-order valence-electron chi connectivity index (χ0n) is 13.5. The Bertz CT molecular complexity index is 657. The molecule has 2 nitrogen and oxygen atoms in total. The number of benzene rings is 2. The predicted molar refractivity (Wildman–Crippen MR) is 98.5 cm³/mol. The normalized spacial score (nSPS) is 13.5. The van der Waals surface area contributed by atoms with Gasteiger partial charge in [-0.2, -0.15) is 0 Å². The summed E-state index contributed by atoms with van der Waals surface area (Å²) >= 11 is 11.3.